The van der Waals surface area contributed by atoms with Gasteiger partial charge in [-0.15, -0.1) is 0 Å². The van der Waals surface area contributed by atoms with Crippen LogP contribution < -0.4 is 5.32 Å². The lowest BCUT2D eigenvalue weighted by Crippen LogP contribution is -2.17. The predicted octanol–water partition coefficient (Wildman–Crippen LogP) is 4.23. The molecule has 0 aliphatic carbocycles. The molecule has 19 heavy (non-hydrogen) atoms. The van der Waals surface area contributed by atoms with Crippen LogP contribution in [0.5, 0.6) is 0 Å². The monoisotopic (exact) mass is 321 g/mol. The third-order valence-corrected chi connectivity index (χ3v) is 3.74. The van der Waals surface area contributed by atoms with Gasteiger partial charge < -0.3 is 5.32 Å². The fraction of sp³-hybridized carbons (Fsp3) is 0.250. The molecule has 0 spiro atoms. The van der Waals surface area contributed by atoms with Crippen LogP contribution in [0.1, 0.15) is 16.7 Å². The number of halogens is 2. The summed E-state index contributed by atoms with van der Waals surface area (Å²) in [5.41, 5.74) is 3.70. The van der Waals surface area contributed by atoms with Gasteiger partial charge in [-0.1, -0.05) is 51.8 Å². The fourth-order valence-electron chi connectivity index (χ4n) is 1.99. The van der Waals surface area contributed by atoms with E-state index in [1.165, 1.54) is 23.3 Å². The molecule has 2 rings (SSSR count). The number of hydrogen-bond acceptors (Lipinski definition) is 1. The summed E-state index contributed by atoms with van der Waals surface area (Å²) >= 11 is 3.37. The second-order valence-corrected chi connectivity index (χ2v) is 5.51. The molecule has 3 heteroatoms. The van der Waals surface area contributed by atoms with Gasteiger partial charge in [0.2, 0.25) is 0 Å². The Morgan fingerprint density at radius 2 is 2.00 bits per heavy atom. The van der Waals surface area contributed by atoms with Gasteiger partial charge >= 0.3 is 0 Å². The Balaban J connectivity index is 1.81. The van der Waals surface area contributed by atoms with Crippen molar-refractivity contribution >= 4 is 15.9 Å². The van der Waals surface area contributed by atoms with E-state index in [-0.39, 0.29) is 5.82 Å². The molecular formula is C16H17BrFN. The molecule has 0 atom stereocenters. The van der Waals surface area contributed by atoms with Crippen LogP contribution in [0.2, 0.25) is 0 Å². The van der Waals surface area contributed by atoms with Gasteiger partial charge in [0, 0.05) is 11.0 Å². The summed E-state index contributed by atoms with van der Waals surface area (Å²) in [5.74, 6) is -0.213. The van der Waals surface area contributed by atoms with Crippen molar-refractivity contribution in [2.75, 3.05) is 6.54 Å². The first-order valence-corrected chi connectivity index (χ1v) is 7.14. The predicted molar refractivity (Wildman–Crippen MR) is 80.7 cm³/mol. The molecule has 2 aromatic carbocycles. The highest BCUT2D eigenvalue weighted by molar-refractivity contribution is 9.10. The third kappa shape index (κ3) is 4.44. The van der Waals surface area contributed by atoms with E-state index in [1.807, 2.05) is 0 Å². The molecule has 0 unspecified atom stereocenters. The van der Waals surface area contributed by atoms with Crippen LogP contribution in [0.15, 0.2) is 46.9 Å². The summed E-state index contributed by atoms with van der Waals surface area (Å²) in [7, 11) is 0. The van der Waals surface area contributed by atoms with Crippen LogP contribution in [0.25, 0.3) is 0 Å². The van der Waals surface area contributed by atoms with Crippen molar-refractivity contribution < 1.29 is 4.39 Å². The summed E-state index contributed by atoms with van der Waals surface area (Å²) in [5, 5.41) is 3.38. The van der Waals surface area contributed by atoms with Crippen LogP contribution in [-0.2, 0) is 13.0 Å². The minimum absolute atomic E-state index is 0.213. The van der Waals surface area contributed by atoms with Gasteiger partial charge in [-0.05, 0) is 43.1 Å². The molecule has 0 heterocycles. The smallest absolute Gasteiger partial charge is 0.124 e. The lowest BCUT2D eigenvalue weighted by Gasteiger charge is -2.07. The SMILES string of the molecule is Cc1cccc(CCNCc2ccc(F)cc2Br)c1. The largest absolute Gasteiger partial charge is 0.312 e. The first-order chi connectivity index (χ1) is 9.15. The number of rotatable bonds is 5. The standard InChI is InChI=1S/C16H17BrFN/c1-12-3-2-4-13(9-12)7-8-19-11-14-5-6-15(18)10-16(14)17/h2-6,9-10,19H,7-8,11H2,1H3. The zero-order chi connectivity index (χ0) is 13.7. The second kappa shape index (κ2) is 6.83. The van der Waals surface area contributed by atoms with Gasteiger partial charge in [-0.2, -0.15) is 0 Å². The highest BCUT2D eigenvalue weighted by atomic mass is 79.9. The number of hydrogen-bond donors (Lipinski definition) is 1. The molecule has 0 aliphatic heterocycles. The molecule has 0 saturated carbocycles. The number of nitrogens with one attached hydrogen (secondary N) is 1. The molecule has 0 radical (unpaired) electrons. The topological polar surface area (TPSA) is 12.0 Å². The molecule has 0 aromatic heterocycles. The first kappa shape index (κ1) is 14.2. The maximum Gasteiger partial charge on any atom is 0.124 e. The summed E-state index contributed by atoms with van der Waals surface area (Å²) in [6.07, 6.45) is 1.00. The summed E-state index contributed by atoms with van der Waals surface area (Å²) < 4.78 is 13.8. The van der Waals surface area contributed by atoms with E-state index in [9.17, 15) is 4.39 Å². The average Bonchev–Trinajstić information content (AvgIpc) is 2.37. The minimum atomic E-state index is -0.213. The van der Waals surface area contributed by atoms with Gasteiger partial charge in [-0.3, -0.25) is 0 Å². The van der Waals surface area contributed by atoms with Crippen LogP contribution >= 0.6 is 15.9 Å². The Kier molecular flexibility index (Phi) is 5.11. The highest BCUT2D eigenvalue weighted by Gasteiger charge is 2.01. The maximum atomic E-state index is 12.9. The van der Waals surface area contributed by atoms with E-state index in [1.54, 1.807) is 6.07 Å². The highest BCUT2D eigenvalue weighted by Crippen LogP contribution is 2.17. The van der Waals surface area contributed by atoms with Crippen molar-refractivity contribution in [2.24, 2.45) is 0 Å². The van der Waals surface area contributed by atoms with Crippen LogP contribution in [0, 0.1) is 12.7 Å². The Hall–Kier alpha value is -1.19. The Labute approximate surface area is 122 Å². The molecule has 0 aliphatic rings. The quantitative estimate of drug-likeness (QED) is 0.813. The molecular weight excluding hydrogens is 305 g/mol. The van der Waals surface area contributed by atoms with Gasteiger partial charge in [0.05, 0.1) is 0 Å². The molecule has 1 nitrogen and oxygen atoms in total. The molecule has 2 aromatic rings. The van der Waals surface area contributed by atoms with E-state index in [4.69, 9.17) is 0 Å². The summed E-state index contributed by atoms with van der Waals surface area (Å²) in [6, 6.07) is 13.3. The second-order valence-electron chi connectivity index (χ2n) is 4.65. The van der Waals surface area contributed by atoms with Gasteiger partial charge in [0.25, 0.3) is 0 Å². The van der Waals surface area contributed by atoms with Gasteiger partial charge in [0.15, 0.2) is 0 Å². The average molecular weight is 322 g/mol. The lowest BCUT2D eigenvalue weighted by molar-refractivity contribution is 0.623. The van der Waals surface area contributed by atoms with E-state index >= 15 is 0 Å². The summed E-state index contributed by atoms with van der Waals surface area (Å²) in [4.78, 5) is 0. The number of aryl methyl sites for hydroxylation is 1. The molecule has 100 valence electrons. The van der Waals surface area contributed by atoms with Crippen LogP contribution in [0.3, 0.4) is 0 Å². The Bertz CT molecular complexity index is 554. The Morgan fingerprint density at radius 1 is 1.16 bits per heavy atom. The van der Waals surface area contributed by atoms with Crippen molar-refractivity contribution in [1.29, 1.82) is 0 Å². The van der Waals surface area contributed by atoms with Gasteiger partial charge in [-0.25, -0.2) is 4.39 Å². The zero-order valence-electron chi connectivity index (χ0n) is 10.9. The van der Waals surface area contributed by atoms with Crippen LogP contribution in [-0.4, -0.2) is 6.54 Å². The van der Waals surface area contributed by atoms with Crippen molar-refractivity contribution in [3.05, 3.63) is 69.4 Å². The minimum Gasteiger partial charge on any atom is -0.312 e. The van der Waals surface area contributed by atoms with Crippen molar-refractivity contribution in [3.8, 4) is 0 Å². The van der Waals surface area contributed by atoms with E-state index < -0.39 is 0 Å². The maximum absolute atomic E-state index is 12.9. The van der Waals surface area contributed by atoms with E-state index in [0.717, 1.165) is 29.5 Å². The number of benzene rings is 2. The molecule has 0 amide bonds. The molecule has 0 bridgehead atoms. The third-order valence-electron chi connectivity index (χ3n) is 3.00. The zero-order valence-corrected chi connectivity index (χ0v) is 12.5. The van der Waals surface area contributed by atoms with E-state index in [0.29, 0.717) is 0 Å². The molecule has 0 fully saturated rings. The van der Waals surface area contributed by atoms with Crippen molar-refractivity contribution in [3.63, 3.8) is 0 Å². The first-order valence-electron chi connectivity index (χ1n) is 6.35. The molecule has 0 saturated heterocycles. The van der Waals surface area contributed by atoms with Crippen molar-refractivity contribution in [1.82, 2.24) is 5.32 Å². The lowest BCUT2D eigenvalue weighted by atomic mass is 10.1. The van der Waals surface area contributed by atoms with Gasteiger partial charge in [0.1, 0.15) is 5.82 Å². The van der Waals surface area contributed by atoms with Crippen LogP contribution in [0.4, 0.5) is 4.39 Å². The van der Waals surface area contributed by atoms with Crippen molar-refractivity contribution in [2.45, 2.75) is 19.9 Å². The normalized spacial score (nSPS) is 10.7. The molecule has 1 N–H and O–H groups in total. The fourth-order valence-corrected chi connectivity index (χ4v) is 2.48. The Morgan fingerprint density at radius 3 is 2.74 bits per heavy atom. The van der Waals surface area contributed by atoms with E-state index in [2.05, 4.69) is 52.4 Å². The summed E-state index contributed by atoms with van der Waals surface area (Å²) in [6.45, 7) is 3.76.